The summed E-state index contributed by atoms with van der Waals surface area (Å²) in [5.74, 6) is 0. The molecule has 1 rings (SSSR count). The molecule has 0 aliphatic heterocycles. The van der Waals surface area contributed by atoms with Gasteiger partial charge in [0.15, 0.2) is 0 Å². The predicted octanol–water partition coefficient (Wildman–Crippen LogP) is -24.9. The van der Waals surface area contributed by atoms with Crippen molar-refractivity contribution >= 4 is 46.9 Å². The van der Waals surface area contributed by atoms with E-state index < -0.39 is 83.6 Å². The van der Waals surface area contributed by atoms with E-state index in [1.165, 1.54) is 0 Å². The monoisotopic (exact) mass is 792 g/mol. The first-order valence-electron chi connectivity index (χ1n) is 7.90. The Labute approximate surface area is 368 Å². The molecule has 6 N–H and O–H groups in total. The fraction of sp³-hybridized carbons (Fsp3) is 1.00. The number of phosphoric ester groups is 6. The summed E-state index contributed by atoms with van der Waals surface area (Å²) in [4.78, 5) is 121. The Morgan fingerprint density at radius 3 is 0.548 bits per heavy atom. The average Bonchev–Trinajstić information content (AvgIpc) is 2.51. The Hall–Kier alpha value is 6.66. The van der Waals surface area contributed by atoms with Gasteiger partial charge in [-0.05, 0) is 0 Å². The van der Waals surface area contributed by atoms with Crippen LogP contribution in [0.15, 0.2) is 0 Å². The molecule has 1 saturated carbocycles. The standard InChI is InChI=1S/C6H18O24P6.6Na/c7-31(8,9)25-1-2(26-32(10,11)12)4(28-34(16,17)18)6(30-36(22,23)24)5(29-35(19,20)21)3(1)27-33(13,14)15;;;;;;/h1-6H,(H2,7,8,9)(H2,10,11,12)(H2,13,14,15)(H2,16,17,18)(H2,19,20,21)(H2,22,23,24);;;;;;/q;6*+1/p-6/t1-,2-,3?,4?,5-,6+;;;;;;/m1....../s1. The van der Waals surface area contributed by atoms with Crippen molar-refractivity contribution in [3.63, 3.8) is 0 Å². The van der Waals surface area contributed by atoms with Crippen LogP contribution in [0.2, 0.25) is 0 Å². The smallest absolute Gasteiger partial charge is 0.790 e. The van der Waals surface area contributed by atoms with E-state index in [4.69, 9.17) is 29.4 Å². The molecule has 0 heterocycles. The van der Waals surface area contributed by atoms with Gasteiger partial charge in [0.2, 0.25) is 0 Å². The molecule has 1 fully saturated rings. The van der Waals surface area contributed by atoms with E-state index >= 15 is 0 Å². The maximum Gasteiger partial charge on any atom is 1.00 e. The van der Waals surface area contributed by atoms with Gasteiger partial charge in [-0.1, -0.05) is 0 Å². The Bertz CT molecular complexity index is 843. The van der Waals surface area contributed by atoms with Gasteiger partial charge in [-0.3, -0.25) is 13.6 Å². The maximum atomic E-state index is 11.4. The fourth-order valence-electron chi connectivity index (χ4n) is 2.76. The molecule has 0 radical (unpaired) electrons. The zero-order chi connectivity index (χ0) is 28.7. The van der Waals surface area contributed by atoms with Gasteiger partial charge < -0.3 is 86.0 Å². The maximum absolute atomic E-state index is 11.4. The van der Waals surface area contributed by atoms with E-state index in [0.29, 0.717) is 0 Å². The van der Waals surface area contributed by atoms with Crippen molar-refractivity contribution in [2.24, 2.45) is 0 Å². The quantitative estimate of drug-likeness (QED) is 0.0789. The molecule has 0 aromatic carbocycles. The van der Waals surface area contributed by atoms with Crippen LogP contribution < -0.4 is 207 Å². The van der Waals surface area contributed by atoms with E-state index in [0.717, 1.165) is 0 Å². The van der Waals surface area contributed by atoms with Crippen LogP contribution in [-0.4, -0.2) is 66.0 Å². The molecule has 0 saturated heterocycles. The van der Waals surface area contributed by atoms with Crippen molar-refractivity contribution in [1.29, 1.82) is 0 Å². The van der Waals surface area contributed by atoms with Crippen LogP contribution in [0.1, 0.15) is 0 Å². The molecule has 2 unspecified atom stereocenters. The van der Waals surface area contributed by atoms with Gasteiger partial charge in [0.05, 0.1) is 23.5 Å². The van der Waals surface area contributed by atoms with E-state index in [2.05, 4.69) is 27.1 Å². The third kappa shape index (κ3) is 26.4. The molecule has 36 heteroatoms. The third-order valence-corrected chi connectivity index (χ3v) is 6.53. The Balaban J connectivity index is -0.000000540. The minimum absolute atomic E-state index is 0. The van der Waals surface area contributed by atoms with Gasteiger partial charge >= 0.3 is 201 Å². The first kappa shape index (κ1) is 60.7. The molecule has 0 amide bonds. The summed E-state index contributed by atoms with van der Waals surface area (Å²) in [7, 11) is -38.1. The molecule has 1 aliphatic carbocycles. The zero-order valence-electron chi connectivity index (χ0n) is 22.2. The number of hydrogen-bond donors (Lipinski definition) is 6. The van der Waals surface area contributed by atoms with Crippen LogP contribution >= 0.6 is 46.9 Å². The minimum atomic E-state index is -6.60. The van der Waals surface area contributed by atoms with Crippen molar-refractivity contribution < 1.29 is 291 Å². The molecule has 0 bridgehead atoms. The molecule has 0 aromatic heterocycles. The topological polar surface area (TPSA) is 418 Å². The van der Waals surface area contributed by atoms with Crippen LogP contribution in [0, 0.1) is 0 Å². The molecule has 24 nitrogen and oxygen atoms in total. The number of rotatable bonds is 12. The van der Waals surface area contributed by atoms with E-state index in [9.17, 15) is 56.8 Å². The number of phosphoric acid groups is 6. The van der Waals surface area contributed by atoms with Gasteiger partial charge in [0, 0.05) is 0 Å². The second-order valence-corrected chi connectivity index (χ2v) is 13.1. The van der Waals surface area contributed by atoms with E-state index in [-0.39, 0.29) is 177 Å². The van der Waals surface area contributed by atoms with Gasteiger partial charge in [-0.2, -0.15) is 0 Å². The zero-order valence-corrected chi connectivity index (χ0v) is 39.5. The normalized spacial score (nSPS) is 25.1. The summed E-state index contributed by atoms with van der Waals surface area (Å²) in [5.41, 5.74) is 0. The summed E-state index contributed by atoms with van der Waals surface area (Å²) in [6.45, 7) is 0. The Morgan fingerprint density at radius 2 is 0.452 bits per heavy atom. The fourth-order valence-corrected chi connectivity index (χ4v) is 6.05. The van der Waals surface area contributed by atoms with Crippen LogP contribution in [-0.2, 0) is 54.5 Å². The molecule has 216 valence electrons. The van der Waals surface area contributed by atoms with Gasteiger partial charge in [0.1, 0.15) is 36.6 Å². The van der Waals surface area contributed by atoms with Gasteiger partial charge in [-0.15, -0.1) is 0 Å². The molecular weight excluding hydrogens is 780 g/mol. The molecule has 0 spiro atoms. The summed E-state index contributed by atoms with van der Waals surface area (Å²) in [6.07, 6.45) is -20.2. The summed E-state index contributed by atoms with van der Waals surface area (Å²) < 4.78 is 90.7. The van der Waals surface area contributed by atoms with Crippen molar-refractivity contribution in [1.82, 2.24) is 0 Å². The van der Waals surface area contributed by atoms with Crippen molar-refractivity contribution in [3.8, 4) is 0 Å². The van der Waals surface area contributed by atoms with Crippen LogP contribution in [0.4, 0.5) is 0 Å². The third-order valence-electron chi connectivity index (χ3n) is 3.47. The van der Waals surface area contributed by atoms with Crippen LogP contribution in [0.25, 0.3) is 0 Å². The van der Waals surface area contributed by atoms with Crippen LogP contribution in [0.3, 0.4) is 0 Å². The predicted molar refractivity (Wildman–Crippen MR) is 88.2 cm³/mol. The summed E-state index contributed by atoms with van der Waals surface area (Å²) in [6, 6.07) is 0. The van der Waals surface area contributed by atoms with Crippen molar-refractivity contribution in [2.75, 3.05) is 0 Å². The molecule has 1 aliphatic rings. The number of hydrogen-bond acceptors (Lipinski definition) is 18. The van der Waals surface area contributed by atoms with Gasteiger partial charge in [0.25, 0.3) is 0 Å². The average molecular weight is 792 g/mol. The second-order valence-electron chi connectivity index (χ2n) is 6.23. The van der Waals surface area contributed by atoms with Crippen molar-refractivity contribution in [3.05, 3.63) is 0 Å². The molecule has 0 aromatic rings. The van der Waals surface area contributed by atoms with E-state index in [1.54, 1.807) is 0 Å². The molecule has 42 heavy (non-hydrogen) atoms. The minimum Gasteiger partial charge on any atom is -0.790 e. The molecular formula is C6H12Na6O24P6. The first-order chi connectivity index (χ1) is 15.6. The van der Waals surface area contributed by atoms with Crippen molar-refractivity contribution in [2.45, 2.75) is 36.6 Å². The summed E-state index contributed by atoms with van der Waals surface area (Å²) in [5, 5.41) is 0. The Kier molecular flexibility index (Phi) is 33.8. The largest absolute Gasteiger partial charge is 1.00 e. The summed E-state index contributed by atoms with van der Waals surface area (Å²) >= 11 is 0. The van der Waals surface area contributed by atoms with E-state index in [1.807, 2.05) is 0 Å². The second kappa shape index (κ2) is 23.4. The Morgan fingerprint density at radius 1 is 0.333 bits per heavy atom. The van der Waals surface area contributed by atoms with Gasteiger partial charge in [-0.25, -0.2) is 13.7 Å². The first-order valence-corrected chi connectivity index (χ1v) is 16.9. The molecule has 6 atom stereocenters. The SMILES string of the molecule is O=P([O-])([O-])OC1[C@H](OP(=O)([O-])[O-])[C@H](OP(=O)(O)O)C(OP(=O)(O)O)[C@H](OP(=O)(O)O)[C@H]1OP(=O)([O-])[O-].[Na+].[Na+].[Na+].[Na+].[Na+].[Na+]. The van der Waals surface area contributed by atoms with Crippen LogP contribution in [0.5, 0.6) is 0 Å².